The van der Waals surface area contributed by atoms with Crippen LogP contribution in [0.15, 0.2) is 36.5 Å². The van der Waals surface area contributed by atoms with E-state index in [1.807, 2.05) is 6.07 Å². The van der Waals surface area contributed by atoms with Crippen molar-refractivity contribution in [2.75, 3.05) is 6.61 Å². The van der Waals surface area contributed by atoms with Crippen molar-refractivity contribution in [3.8, 4) is 0 Å². The van der Waals surface area contributed by atoms with E-state index in [-0.39, 0.29) is 11.5 Å². The standard InChI is InChI=1S/C17H22N2O4Si/c1-24(2,3)11-10-23-12-14-8-9-18-16(14)17(20)13-4-6-15(7-5-13)19(21)22/h4-9,18H,10-12H2,1-3H3. The van der Waals surface area contributed by atoms with Crippen LogP contribution in [0.25, 0.3) is 0 Å². The lowest BCUT2D eigenvalue weighted by Gasteiger charge is -2.15. The highest BCUT2D eigenvalue weighted by atomic mass is 28.3. The van der Waals surface area contributed by atoms with Crippen molar-refractivity contribution in [2.45, 2.75) is 32.3 Å². The van der Waals surface area contributed by atoms with Crippen LogP contribution in [0, 0.1) is 10.1 Å². The first-order valence-corrected chi connectivity index (χ1v) is 11.5. The van der Waals surface area contributed by atoms with Crippen LogP contribution in [0.1, 0.15) is 21.6 Å². The number of H-pyrrole nitrogens is 1. The Labute approximate surface area is 142 Å². The lowest BCUT2D eigenvalue weighted by molar-refractivity contribution is -0.384. The molecule has 0 unspecified atom stereocenters. The first-order chi connectivity index (χ1) is 11.3. The molecule has 2 rings (SSSR count). The number of hydrogen-bond acceptors (Lipinski definition) is 4. The zero-order valence-electron chi connectivity index (χ0n) is 14.2. The van der Waals surface area contributed by atoms with Crippen LogP contribution in [0.3, 0.4) is 0 Å². The maximum absolute atomic E-state index is 12.6. The third kappa shape index (κ3) is 4.87. The fourth-order valence-electron chi connectivity index (χ4n) is 2.17. The second-order valence-electron chi connectivity index (χ2n) is 6.87. The van der Waals surface area contributed by atoms with Gasteiger partial charge >= 0.3 is 0 Å². The highest BCUT2D eigenvalue weighted by Crippen LogP contribution is 2.18. The molecule has 1 aromatic heterocycles. The summed E-state index contributed by atoms with van der Waals surface area (Å²) in [4.78, 5) is 25.7. The highest BCUT2D eigenvalue weighted by molar-refractivity contribution is 6.76. The highest BCUT2D eigenvalue weighted by Gasteiger charge is 2.17. The Morgan fingerprint density at radius 1 is 1.21 bits per heavy atom. The molecular formula is C17H22N2O4Si. The molecule has 0 aliphatic heterocycles. The number of carbonyl (C=O) groups excluding carboxylic acids is 1. The van der Waals surface area contributed by atoms with Crippen LogP contribution in [0.2, 0.25) is 25.7 Å². The topological polar surface area (TPSA) is 85.2 Å². The molecular weight excluding hydrogens is 324 g/mol. The number of non-ortho nitro benzene ring substituents is 1. The first-order valence-electron chi connectivity index (χ1n) is 7.81. The van der Waals surface area contributed by atoms with Crippen LogP contribution in [-0.2, 0) is 11.3 Å². The van der Waals surface area contributed by atoms with Gasteiger partial charge in [0.2, 0.25) is 5.78 Å². The predicted molar refractivity (Wildman–Crippen MR) is 95.1 cm³/mol. The minimum Gasteiger partial charge on any atom is -0.377 e. The maximum Gasteiger partial charge on any atom is 0.269 e. The van der Waals surface area contributed by atoms with E-state index >= 15 is 0 Å². The van der Waals surface area contributed by atoms with Crippen molar-refractivity contribution >= 4 is 19.5 Å². The number of benzene rings is 1. The molecule has 0 bridgehead atoms. The number of rotatable bonds is 8. The van der Waals surface area contributed by atoms with E-state index in [4.69, 9.17) is 4.74 Å². The van der Waals surface area contributed by atoms with Crippen LogP contribution in [0.4, 0.5) is 5.69 Å². The van der Waals surface area contributed by atoms with Crippen molar-refractivity contribution in [1.82, 2.24) is 4.98 Å². The Morgan fingerprint density at radius 2 is 1.88 bits per heavy atom. The van der Waals surface area contributed by atoms with Crippen molar-refractivity contribution < 1.29 is 14.5 Å². The summed E-state index contributed by atoms with van der Waals surface area (Å²) in [7, 11) is -1.14. The second kappa shape index (κ2) is 7.54. The van der Waals surface area contributed by atoms with Gasteiger partial charge in [-0.2, -0.15) is 0 Å². The van der Waals surface area contributed by atoms with E-state index in [9.17, 15) is 14.9 Å². The SMILES string of the molecule is C[Si](C)(C)CCOCc1cc[nH]c1C(=O)c1ccc([N+](=O)[O-])cc1. The summed E-state index contributed by atoms with van der Waals surface area (Å²) in [6.07, 6.45) is 1.70. The van der Waals surface area contributed by atoms with E-state index in [0.29, 0.717) is 24.5 Å². The predicted octanol–water partition coefficient (Wildman–Crippen LogP) is 4.01. The third-order valence-corrected chi connectivity index (χ3v) is 5.36. The third-order valence-electron chi connectivity index (χ3n) is 3.65. The van der Waals surface area contributed by atoms with Gasteiger partial charge in [-0.15, -0.1) is 0 Å². The number of aromatic nitrogens is 1. The lowest BCUT2D eigenvalue weighted by Crippen LogP contribution is -2.21. The minimum atomic E-state index is -1.14. The van der Waals surface area contributed by atoms with E-state index < -0.39 is 13.0 Å². The summed E-state index contributed by atoms with van der Waals surface area (Å²) >= 11 is 0. The van der Waals surface area contributed by atoms with Gasteiger partial charge in [0, 0.05) is 44.1 Å². The van der Waals surface area contributed by atoms with Crippen molar-refractivity contribution in [2.24, 2.45) is 0 Å². The zero-order valence-corrected chi connectivity index (χ0v) is 15.2. The molecule has 2 aromatic rings. The smallest absolute Gasteiger partial charge is 0.269 e. The second-order valence-corrected chi connectivity index (χ2v) is 12.5. The molecule has 0 saturated heterocycles. The van der Waals surface area contributed by atoms with Crippen molar-refractivity contribution in [1.29, 1.82) is 0 Å². The molecule has 0 aliphatic rings. The van der Waals surface area contributed by atoms with Crippen molar-refractivity contribution in [3.05, 3.63) is 63.5 Å². The number of carbonyl (C=O) groups is 1. The summed E-state index contributed by atoms with van der Waals surface area (Å²) in [5.74, 6) is -0.196. The molecule has 7 heteroatoms. The summed E-state index contributed by atoms with van der Waals surface area (Å²) in [6.45, 7) is 7.93. The molecule has 6 nitrogen and oxygen atoms in total. The van der Waals surface area contributed by atoms with Gasteiger partial charge in [-0.25, -0.2) is 0 Å². The van der Waals surface area contributed by atoms with Gasteiger partial charge in [-0.3, -0.25) is 14.9 Å². The van der Waals surface area contributed by atoms with E-state index in [1.54, 1.807) is 6.20 Å². The Bertz CT molecular complexity index is 717. The Balaban J connectivity index is 2.03. The van der Waals surface area contributed by atoms with Crippen LogP contribution in [-0.4, -0.2) is 30.4 Å². The fourth-order valence-corrected chi connectivity index (χ4v) is 2.93. The maximum atomic E-state index is 12.6. The van der Waals surface area contributed by atoms with Crippen LogP contribution in [0.5, 0.6) is 0 Å². The molecule has 24 heavy (non-hydrogen) atoms. The largest absolute Gasteiger partial charge is 0.377 e. The molecule has 0 atom stereocenters. The molecule has 0 spiro atoms. The average Bonchev–Trinajstić information content (AvgIpc) is 2.98. The number of nitro groups is 1. The van der Waals surface area contributed by atoms with Gasteiger partial charge in [0.1, 0.15) is 0 Å². The summed E-state index contributed by atoms with van der Waals surface area (Å²) in [5.41, 5.74) is 1.64. The summed E-state index contributed by atoms with van der Waals surface area (Å²) in [6, 6.07) is 8.51. The number of ether oxygens (including phenoxy) is 1. The first kappa shape index (κ1) is 18.1. The molecule has 128 valence electrons. The molecule has 1 heterocycles. The quantitative estimate of drug-likeness (QED) is 0.257. The fraction of sp³-hybridized carbons (Fsp3) is 0.353. The Hall–Kier alpha value is -2.25. The van der Waals surface area contributed by atoms with Gasteiger partial charge in [-0.05, 0) is 24.2 Å². The number of hydrogen-bond donors (Lipinski definition) is 1. The molecule has 1 N–H and O–H groups in total. The molecule has 1 aromatic carbocycles. The zero-order chi connectivity index (χ0) is 17.7. The molecule has 0 amide bonds. The van der Waals surface area contributed by atoms with Crippen LogP contribution >= 0.6 is 0 Å². The number of aromatic amines is 1. The number of nitrogens with zero attached hydrogens (tertiary/aromatic N) is 1. The molecule has 0 fully saturated rings. The minimum absolute atomic E-state index is 0.0343. The molecule has 0 aliphatic carbocycles. The molecule has 0 saturated carbocycles. The molecule has 0 radical (unpaired) electrons. The summed E-state index contributed by atoms with van der Waals surface area (Å²) < 4.78 is 5.70. The lowest BCUT2D eigenvalue weighted by atomic mass is 10.1. The Morgan fingerprint density at radius 3 is 2.46 bits per heavy atom. The normalized spacial score (nSPS) is 11.5. The van der Waals surface area contributed by atoms with Gasteiger partial charge in [0.15, 0.2) is 0 Å². The van der Waals surface area contributed by atoms with Gasteiger partial charge in [-0.1, -0.05) is 19.6 Å². The van der Waals surface area contributed by atoms with Gasteiger partial charge < -0.3 is 9.72 Å². The Kier molecular flexibility index (Phi) is 5.69. The number of ketones is 1. The monoisotopic (exact) mass is 346 g/mol. The number of nitro benzene ring substituents is 1. The average molecular weight is 346 g/mol. The van der Waals surface area contributed by atoms with Gasteiger partial charge in [0.25, 0.3) is 5.69 Å². The van der Waals surface area contributed by atoms with Crippen molar-refractivity contribution in [3.63, 3.8) is 0 Å². The number of nitrogens with one attached hydrogen (secondary N) is 1. The van der Waals surface area contributed by atoms with E-state index in [0.717, 1.165) is 11.6 Å². The van der Waals surface area contributed by atoms with Gasteiger partial charge in [0.05, 0.1) is 17.2 Å². The summed E-state index contributed by atoms with van der Waals surface area (Å²) in [5, 5.41) is 10.7. The van der Waals surface area contributed by atoms with E-state index in [1.165, 1.54) is 24.3 Å². The van der Waals surface area contributed by atoms with E-state index in [2.05, 4.69) is 24.6 Å². The van der Waals surface area contributed by atoms with Crippen LogP contribution < -0.4 is 0 Å².